The number of alkyl halides is 1. The quantitative estimate of drug-likeness (QED) is 0.510. The molecule has 4 heteroatoms. The van der Waals surface area contributed by atoms with E-state index >= 15 is 0 Å². The van der Waals surface area contributed by atoms with Crippen molar-refractivity contribution in [2.24, 2.45) is 0 Å². The molecule has 0 spiro atoms. The van der Waals surface area contributed by atoms with Crippen molar-refractivity contribution in [2.75, 3.05) is 5.33 Å². The first-order chi connectivity index (χ1) is 6.13. The summed E-state index contributed by atoms with van der Waals surface area (Å²) in [6.07, 6.45) is 0.518. The average molecular weight is 324 g/mol. The third-order valence-corrected chi connectivity index (χ3v) is 2.64. The first-order valence-corrected chi connectivity index (χ1v) is 6.08. The number of hydrogen-bond donors (Lipinski definition) is 1. The molecule has 0 aliphatic heterocycles. The maximum atomic E-state index is 11.5. The smallest absolute Gasteiger partial charge is 0.163 e. The van der Waals surface area contributed by atoms with Gasteiger partial charge in [-0.1, -0.05) is 31.9 Å². The molecule has 0 radical (unpaired) electrons. The van der Waals surface area contributed by atoms with Crippen molar-refractivity contribution in [2.45, 2.75) is 11.3 Å². The summed E-state index contributed by atoms with van der Waals surface area (Å²) in [6.45, 7) is 0. The molecule has 13 heavy (non-hydrogen) atoms. The first kappa shape index (κ1) is 11.3. The predicted octanol–water partition coefficient (Wildman–Crippen LogP) is 3.71. The van der Waals surface area contributed by atoms with E-state index in [1.165, 1.54) is 0 Å². The number of carbonyl (C=O) groups excluding carboxylic acids is 1. The molecule has 1 aromatic carbocycles. The molecule has 0 aromatic heterocycles. The molecule has 1 nitrogen and oxygen atoms in total. The van der Waals surface area contributed by atoms with Gasteiger partial charge in [-0.3, -0.25) is 4.79 Å². The molecule has 1 rings (SSSR count). The van der Waals surface area contributed by atoms with Gasteiger partial charge in [0.2, 0.25) is 0 Å². The van der Waals surface area contributed by atoms with E-state index in [0.29, 0.717) is 17.3 Å². The van der Waals surface area contributed by atoms with Crippen LogP contribution in [0.2, 0.25) is 0 Å². The van der Waals surface area contributed by atoms with E-state index in [1.54, 1.807) is 6.07 Å². The van der Waals surface area contributed by atoms with E-state index in [0.717, 1.165) is 9.37 Å². The van der Waals surface area contributed by atoms with Crippen LogP contribution in [0.15, 0.2) is 27.6 Å². The van der Waals surface area contributed by atoms with Gasteiger partial charge in [0.1, 0.15) is 0 Å². The number of thiol groups is 1. The van der Waals surface area contributed by atoms with Gasteiger partial charge in [-0.05, 0) is 18.2 Å². The molecular weight excluding hydrogens is 316 g/mol. The fourth-order valence-electron chi connectivity index (χ4n) is 0.965. The Hall–Kier alpha value is 0.200. The Balaban J connectivity index is 2.94. The van der Waals surface area contributed by atoms with Crippen LogP contribution >= 0.6 is 44.5 Å². The minimum Gasteiger partial charge on any atom is -0.294 e. The van der Waals surface area contributed by atoms with E-state index in [2.05, 4.69) is 44.5 Å². The third-order valence-electron chi connectivity index (χ3n) is 1.53. The van der Waals surface area contributed by atoms with Crippen molar-refractivity contribution >= 4 is 50.3 Å². The van der Waals surface area contributed by atoms with Crippen molar-refractivity contribution < 1.29 is 4.79 Å². The molecule has 0 unspecified atom stereocenters. The summed E-state index contributed by atoms with van der Waals surface area (Å²) in [5.74, 6) is 0.133. The second-order valence-electron chi connectivity index (χ2n) is 2.56. The highest BCUT2D eigenvalue weighted by Gasteiger charge is 2.05. The van der Waals surface area contributed by atoms with Crippen LogP contribution in [0.4, 0.5) is 0 Å². The fourth-order valence-corrected chi connectivity index (χ4v) is 2.27. The summed E-state index contributed by atoms with van der Waals surface area (Å²) >= 11 is 10.7. The second kappa shape index (κ2) is 5.17. The molecule has 0 aliphatic rings. The van der Waals surface area contributed by atoms with Crippen LogP contribution in [0.1, 0.15) is 16.8 Å². The number of benzene rings is 1. The van der Waals surface area contributed by atoms with Crippen LogP contribution < -0.4 is 0 Å². The minimum absolute atomic E-state index is 0.133. The van der Waals surface area contributed by atoms with Gasteiger partial charge in [-0.2, -0.15) is 0 Å². The zero-order valence-electron chi connectivity index (χ0n) is 6.76. The van der Waals surface area contributed by atoms with E-state index in [4.69, 9.17) is 0 Å². The van der Waals surface area contributed by atoms with Gasteiger partial charge in [0, 0.05) is 26.7 Å². The van der Waals surface area contributed by atoms with Crippen molar-refractivity contribution in [3.05, 3.63) is 28.2 Å². The summed E-state index contributed by atoms with van der Waals surface area (Å²) in [4.78, 5) is 12.3. The summed E-state index contributed by atoms with van der Waals surface area (Å²) in [7, 11) is 0. The fraction of sp³-hybridized carbons (Fsp3) is 0.222. The maximum absolute atomic E-state index is 11.5. The molecule has 0 saturated heterocycles. The molecule has 1 aromatic rings. The highest BCUT2D eigenvalue weighted by Crippen LogP contribution is 2.19. The lowest BCUT2D eigenvalue weighted by atomic mass is 10.1. The van der Waals surface area contributed by atoms with Crippen LogP contribution in [0.5, 0.6) is 0 Å². The third kappa shape index (κ3) is 3.44. The molecule has 0 saturated carbocycles. The van der Waals surface area contributed by atoms with E-state index in [9.17, 15) is 4.79 Å². The number of halogens is 2. The highest BCUT2D eigenvalue weighted by atomic mass is 79.9. The van der Waals surface area contributed by atoms with Crippen molar-refractivity contribution in [1.82, 2.24) is 0 Å². The highest BCUT2D eigenvalue weighted by molar-refractivity contribution is 9.10. The van der Waals surface area contributed by atoms with Gasteiger partial charge in [-0.15, -0.1) is 12.6 Å². The van der Waals surface area contributed by atoms with E-state index < -0.39 is 0 Å². The average Bonchev–Trinajstić information content (AvgIpc) is 2.03. The van der Waals surface area contributed by atoms with Gasteiger partial charge in [0.05, 0.1) is 0 Å². The summed E-state index contributed by atoms with van der Waals surface area (Å²) in [6, 6.07) is 5.44. The number of ketones is 1. The van der Waals surface area contributed by atoms with Crippen LogP contribution in [0.3, 0.4) is 0 Å². The standard InChI is InChI=1S/C9H8Br2OS/c10-2-1-9(12)6-3-7(11)5-8(13)4-6/h3-5,13H,1-2H2. The van der Waals surface area contributed by atoms with Crippen LogP contribution in [0, 0.1) is 0 Å². The van der Waals surface area contributed by atoms with Gasteiger partial charge < -0.3 is 0 Å². The first-order valence-electron chi connectivity index (χ1n) is 3.72. The number of Topliss-reactive ketones (excluding diaryl/α,β-unsaturated/α-hetero) is 1. The molecule has 0 N–H and O–H groups in total. The largest absolute Gasteiger partial charge is 0.294 e. The molecule has 70 valence electrons. The molecule has 0 heterocycles. The molecule has 0 bridgehead atoms. The Labute approximate surface area is 99.6 Å². The van der Waals surface area contributed by atoms with Crippen LogP contribution in [0.25, 0.3) is 0 Å². The molecule has 0 atom stereocenters. The Morgan fingerprint density at radius 3 is 2.62 bits per heavy atom. The van der Waals surface area contributed by atoms with Gasteiger partial charge in [-0.25, -0.2) is 0 Å². The Kier molecular flexibility index (Phi) is 4.49. The lowest BCUT2D eigenvalue weighted by Crippen LogP contribution is -1.99. The minimum atomic E-state index is 0.133. The van der Waals surface area contributed by atoms with Crippen molar-refractivity contribution in [1.29, 1.82) is 0 Å². The van der Waals surface area contributed by atoms with E-state index in [-0.39, 0.29) is 5.78 Å². The normalized spacial score (nSPS) is 10.1. The number of rotatable bonds is 3. The Morgan fingerprint density at radius 1 is 1.38 bits per heavy atom. The number of carbonyl (C=O) groups is 1. The Morgan fingerprint density at radius 2 is 2.08 bits per heavy atom. The zero-order chi connectivity index (χ0) is 9.84. The van der Waals surface area contributed by atoms with Crippen LogP contribution in [-0.4, -0.2) is 11.1 Å². The molecule has 0 amide bonds. The topological polar surface area (TPSA) is 17.1 Å². The second-order valence-corrected chi connectivity index (χ2v) is 4.79. The van der Waals surface area contributed by atoms with Gasteiger partial charge in [0.25, 0.3) is 0 Å². The SMILES string of the molecule is O=C(CCBr)c1cc(S)cc(Br)c1. The lowest BCUT2D eigenvalue weighted by molar-refractivity contribution is 0.0989. The van der Waals surface area contributed by atoms with Gasteiger partial charge >= 0.3 is 0 Å². The van der Waals surface area contributed by atoms with E-state index in [1.807, 2.05) is 12.1 Å². The summed E-state index contributed by atoms with van der Waals surface area (Å²) < 4.78 is 0.887. The maximum Gasteiger partial charge on any atom is 0.163 e. The van der Waals surface area contributed by atoms with Crippen molar-refractivity contribution in [3.63, 3.8) is 0 Å². The van der Waals surface area contributed by atoms with Gasteiger partial charge in [0.15, 0.2) is 5.78 Å². The summed E-state index contributed by atoms with van der Waals surface area (Å²) in [5.41, 5.74) is 0.707. The monoisotopic (exact) mass is 322 g/mol. The lowest BCUT2D eigenvalue weighted by Gasteiger charge is -2.01. The van der Waals surface area contributed by atoms with Crippen LogP contribution in [-0.2, 0) is 0 Å². The predicted molar refractivity (Wildman–Crippen MR) is 64.1 cm³/mol. The summed E-state index contributed by atoms with van der Waals surface area (Å²) in [5, 5.41) is 0.695. The zero-order valence-corrected chi connectivity index (χ0v) is 10.8. The molecular formula is C9H8Br2OS. The van der Waals surface area contributed by atoms with Crippen molar-refractivity contribution in [3.8, 4) is 0 Å². The molecule has 0 aliphatic carbocycles. The molecule has 0 fully saturated rings. The Bertz CT molecular complexity index is 305. The number of hydrogen-bond acceptors (Lipinski definition) is 2.